The van der Waals surface area contributed by atoms with Gasteiger partial charge in [0.1, 0.15) is 17.4 Å². The minimum Gasteiger partial charge on any atom is -0.462 e. The number of carbonyl (C=O) groups is 3. The predicted octanol–water partition coefficient (Wildman–Crippen LogP) is 5.39. The molecular weight excluding hydrogens is 500 g/mol. The molecule has 0 bridgehead atoms. The number of hydrogen-bond acceptors (Lipinski definition) is 6. The van der Waals surface area contributed by atoms with E-state index in [1.165, 1.54) is 18.2 Å². The summed E-state index contributed by atoms with van der Waals surface area (Å²) in [5, 5.41) is 12.0. The summed E-state index contributed by atoms with van der Waals surface area (Å²) in [5.41, 5.74) is 1.65. The number of esters is 2. The van der Waals surface area contributed by atoms with E-state index in [0.717, 1.165) is 4.47 Å². The van der Waals surface area contributed by atoms with E-state index in [1.807, 2.05) is 6.07 Å². The van der Waals surface area contributed by atoms with Crippen LogP contribution in [0.5, 0.6) is 5.75 Å². The van der Waals surface area contributed by atoms with E-state index in [2.05, 4.69) is 21.2 Å². The van der Waals surface area contributed by atoms with Gasteiger partial charge in [-0.3, -0.25) is 4.79 Å². The quantitative estimate of drug-likeness (QED) is 0.194. The van der Waals surface area contributed by atoms with Crippen LogP contribution in [0, 0.1) is 11.3 Å². The Morgan fingerprint density at radius 2 is 1.50 bits per heavy atom. The van der Waals surface area contributed by atoms with E-state index >= 15 is 0 Å². The van der Waals surface area contributed by atoms with Gasteiger partial charge in [0, 0.05) is 10.2 Å². The molecule has 8 heteroatoms. The highest BCUT2D eigenvalue weighted by Gasteiger charge is 2.12. The number of hydrogen-bond donors (Lipinski definition) is 1. The zero-order valence-electron chi connectivity index (χ0n) is 18.1. The summed E-state index contributed by atoms with van der Waals surface area (Å²) in [5.74, 6) is -1.22. The second-order valence-corrected chi connectivity index (χ2v) is 7.80. The zero-order chi connectivity index (χ0) is 24.5. The molecule has 3 rings (SSSR count). The van der Waals surface area contributed by atoms with Gasteiger partial charge in [-0.25, -0.2) is 9.59 Å². The molecule has 0 atom stereocenters. The van der Waals surface area contributed by atoms with Crippen LogP contribution in [0.15, 0.2) is 82.8 Å². The van der Waals surface area contributed by atoms with Crippen molar-refractivity contribution in [1.29, 1.82) is 5.26 Å². The Morgan fingerprint density at radius 3 is 2.09 bits per heavy atom. The number of nitrogens with one attached hydrogen (secondary N) is 1. The van der Waals surface area contributed by atoms with Gasteiger partial charge in [-0.05, 0) is 79.2 Å². The Kier molecular flexibility index (Phi) is 8.32. The van der Waals surface area contributed by atoms with Gasteiger partial charge in [-0.15, -0.1) is 0 Å². The standard InChI is InChI=1S/C26H19BrN2O5/c1-2-33-25(31)18-7-11-22(12-8-18)29-24(30)20(16-28)15-17-3-13-23(14-4-17)34-26(32)19-5-9-21(27)10-6-19/h3-15H,2H2,1H3,(H,29,30)/b20-15+. The number of anilines is 1. The molecule has 0 aromatic heterocycles. The summed E-state index contributed by atoms with van der Waals surface area (Å²) in [6.45, 7) is 1.98. The maximum Gasteiger partial charge on any atom is 0.343 e. The van der Waals surface area contributed by atoms with Gasteiger partial charge in [0.25, 0.3) is 5.91 Å². The first-order valence-electron chi connectivity index (χ1n) is 10.2. The molecule has 34 heavy (non-hydrogen) atoms. The first-order valence-corrected chi connectivity index (χ1v) is 11.0. The molecule has 0 spiro atoms. The molecule has 3 aromatic carbocycles. The van der Waals surface area contributed by atoms with E-state index in [4.69, 9.17) is 9.47 Å². The van der Waals surface area contributed by atoms with Crippen molar-refractivity contribution in [3.05, 3.63) is 99.5 Å². The first-order chi connectivity index (χ1) is 16.4. The molecule has 1 N–H and O–H groups in total. The van der Waals surface area contributed by atoms with E-state index in [9.17, 15) is 19.6 Å². The lowest BCUT2D eigenvalue weighted by Crippen LogP contribution is -2.13. The highest BCUT2D eigenvalue weighted by atomic mass is 79.9. The lowest BCUT2D eigenvalue weighted by molar-refractivity contribution is -0.112. The maximum atomic E-state index is 12.5. The summed E-state index contributed by atoms with van der Waals surface area (Å²) in [7, 11) is 0. The van der Waals surface area contributed by atoms with Crippen molar-refractivity contribution >= 4 is 45.5 Å². The van der Waals surface area contributed by atoms with Crippen molar-refractivity contribution in [1.82, 2.24) is 0 Å². The summed E-state index contributed by atoms with van der Waals surface area (Å²) in [6.07, 6.45) is 1.42. The highest BCUT2D eigenvalue weighted by molar-refractivity contribution is 9.10. The van der Waals surface area contributed by atoms with Crippen LogP contribution < -0.4 is 10.1 Å². The highest BCUT2D eigenvalue weighted by Crippen LogP contribution is 2.18. The molecule has 7 nitrogen and oxygen atoms in total. The second-order valence-electron chi connectivity index (χ2n) is 6.89. The molecular formula is C26H19BrN2O5. The first kappa shape index (κ1) is 24.4. The van der Waals surface area contributed by atoms with Crippen LogP contribution in [-0.2, 0) is 9.53 Å². The summed E-state index contributed by atoms with van der Waals surface area (Å²) >= 11 is 3.31. The predicted molar refractivity (Wildman–Crippen MR) is 130 cm³/mol. The monoisotopic (exact) mass is 518 g/mol. The number of amides is 1. The molecule has 0 aliphatic rings. The molecule has 0 saturated heterocycles. The minimum absolute atomic E-state index is 0.117. The van der Waals surface area contributed by atoms with Crippen molar-refractivity contribution in [2.75, 3.05) is 11.9 Å². The second kappa shape index (κ2) is 11.6. The Hall–Kier alpha value is -4.22. The van der Waals surface area contributed by atoms with Crippen LogP contribution in [0.3, 0.4) is 0 Å². The van der Waals surface area contributed by atoms with Gasteiger partial charge < -0.3 is 14.8 Å². The molecule has 1 amide bonds. The number of nitrogens with zero attached hydrogens (tertiary/aromatic N) is 1. The summed E-state index contributed by atoms with van der Waals surface area (Å²) < 4.78 is 11.1. The van der Waals surface area contributed by atoms with Crippen molar-refractivity contribution in [2.24, 2.45) is 0 Å². The van der Waals surface area contributed by atoms with Crippen LogP contribution in [-0.4, -0.2) is 24.5 Å². The third kappa shape index (κ3) is 6.64. The maximum absolute atomic E-state index is 12.5. The average Bonchev–Trinajstić information content (AvgIpc) is 2.84. The Bertz CT molecular complexity index is 1260. The fraction of sp³-hybridized carbons (Fsp3) is 0.0769. The average molecular weight is 519 g/mol. The van der Waals surface area contributed by atoms with Crippen molar-refractivity contribution in [3.8, 4) is 11.8 Å². The van der Waals surface area contributed by atoms with Crippen LogP contribution >= 0.6 is 15.9 Å². The van der Waals surface area contributed by atoms with Crippen molar-refractivity contribution in [3.63, 3.8) is 0 Å². The van der Waals surface area contributed by atoms with E-state index in [1.54, 1.807) is 67.6 Å². The Balaban J connectivity index is 1.64. The molecule has 0 fully saturated rings. The summed E-state index contributed by atoms with van der Waals surface area (Å²) in [6, 6.07) is 21.2. The van der Waals surface area contributed by atoms with Gasteiger partial charge >= 0.3 is 11.9 Å². The zero-order valence-corrected chi connectivity index (χ0v) is 19.7. The molecule has 0 saturated carbocycles. The van der Waals surface area contributed by atoms with E-state index in [-0.39, 0.29) is 12.2 Å². The molecule has 0 radical (unpaired) electrons. The van der Waals surface area contributed by atoms with Gasteiger partial charge in [0.2, 0.25) is 0 Å². The number of benzene rings is 3. The van der Waals surface area contributed by atoms with Crippen molar-refractivity contribution < 1.29 is 23.9 Å². The van der Waals surface area contributed by atoms with Crippen LogP contribution in [0.2, 0.25) is 0 Å². The van der Waals surface area contributed by atoms with E-state index < -0.39 is 17.8 Å². The van der Waals surface area contributed by atoms with Crippen LogP contribution in [0.1, 0.15) is 33.2 Å². The lowest BCUT2D eigenvalue weighted by atomic mass is 10.1. The van der Waals surface area contributed by atoms with Gasteiger partial charge in [0.15, 0.2) is 0 Å². The van der Waals surface area contributed by atoms with Gasteiger partial charge in [-0.2, -0.15) is 5.26 Å². The fourth-order valence-corrected chi connectivity index (χ4v) is 3.07. The fourth-order valence-electron chi connectivity index (χ4n) is 2.80. The molecule has 3 aromatic rings. The molecule has 0 aliphatic carbocycles. The minimum atomic E-state index is -0.600. The summed E-state index contributed by atoms with van der Waals surface area (Å²) in [4.78, 5) is 36.4. The van der Waals surface area contributed by atoms with Gasteiger partial charge in [0.05, 0.1) is 17.7 Å². The van der Waals surface area contributed by atoms with Crippen LogP contribution in [0.25, 0.3) is 6.08 Å². The number of ether oxygens (including phenoxy) is 2. The number of halogens is 1. The number of carbonyl (C=O) groups excluding carboxylic acids is 3. The normalized spacial score (nSPS) is 10.7. The lowest BCUT2D eigenvalue weighted by Gasteiger charge is -2.07. The Labute approximate surface area is 204 Å². The Morgan fingerprint density at radius 1 is 0.912 bits per heavy atom. The van der Waals surface area contributed by atoms with Gasteiger partial charge in [-0.1, -0.05) is 28.1 Å². The van der Waals surface area contributed by atoms with E-state index in [0.29, 0.717) is 28.1 Å². The van der Waals surface area contributed by atoms with Crippen LogP contribution in [0.4, 0.5) is 5.69 Å². The number of nitriles is 1. The molecule has 0 aliphatic heterocycles. The van der Waals surface area contributed by atoms with Crippen molar-refractivity contribution in [2.45, 2.75) is 6.92 Å². The number of rotatable bonds is 7. The molecule has 0 unspecified atom stereocenters. The molecule has 170 valence electrons. The third-order valence-electron chi connectivity index (χ3n) is 4.50. The molecule has 0 heterocycles. The smallest absolute Gasteiger partial charge is 0.343 e. The third-order valence-corrected chi connectivity index (χ3v) is 5.03. The largest absolute Gasteiger partial charge is 0.462 e. The topological polar surface area (TPSA) is 105 Å². The SMILES string of the molecule is CCOC(=O)c1ccc(NC(=O)/C(C#N)=C/c2ccc(OC(=O)c3ccc(Br)cc3)cc2)cc1.